The first-order valence-electron chi connectivity index (χ1n) is 1.65. The smallest absolute Gasteiger partial charge is 0.0544 e. The molecule has 0 amide bonds. The molecule has 0 atom stereocenters. The molecule has 0 fully saturated rings. The topological polar surface area (TPSA) is 0 Å². The summed E-state index contributed by atoms with van der Waals surface area (Å²) in [4.78, 5) is 0. The summed E-state index contributed by atoms with van der Waals surface area (Å²) in [7, 11) is 0. The molecule has 0 nitrogen and oxygen atoms in total. The summed E-state index contributed by atoms with van der Waals surface area (Å²) >= 11 is 1.71. The first kappa shape index (κ1) is 5.91. The average Bonchev–Trinajstić information content (AvgIpc) is 1.61. The van der Waals surface area contributed by atoms with Crippen molar-refractivity contribution in [1.29, 1.82) is 0 Å². The Balaban J connectivity index is 2.79. The number of rotatable bonds is 1. The van der Waals surface area contributed by atoms with E-state index in [9.17, 15) is 0 Å². The molecule has 0 aromatic rings. The summed E-state index contributed by atoms with van der Waals surface area (Å²) in [6, 6.07) is 0. The van der Waals surface area contributed by atoms with E-state index in [1.54, 1.807) is 11.8 Å². The lowest BCUT2D eigenvalue weighted by Gasteiger charge is -1.72. The normalized spacial score (nSPS) is 6.33. The zero-order valence-corrected chi connectivity index (χ0v) is 4.64. The Bertz CT molecular complexity index is 65.7. The summed E-state index contributed by atoms with van der Waals surface area (Å²) in [6.45, 7) is 3.35. The quantitative estimate of drug-likeness (QED) is 0.445. The van der Waals surface area contributed by atoms with E-state index in [2.05, 4.69) is 18.8 Å². The van der Waals surface area contributed by atoms with Crippen LogP contribution in [0.4, 0.5) is 0 Å². The van der Waals surface area contributed by atoms with Crippen molar-refractivity contribution in [2.45, 2.75) is 0 Å². The van der Waals surface area contributed by atoms with Crippen LogP contribution in [-0.2, 0) is 0 Å². The number of hydrogen-bond donors (Lipinski definition) is 0. The highest BCUT2D eigenvalue weighted by atomic mass is 32.2. The summed E-state index contributed by atoms with van der Waals surface area (Å²) in [5, 5.41) is 0. The van der Waals surface area contributed by atoms with Crippen molar-refractivity contribution < 1.29 is 0 Å². The molecular weight excluding hydrogens is 92.1 g/mol. The van der Waals surface area contributed by atoms with Crippen molar-refractivity contribution in [3.8, 4) is 11.8 Å². The maximum Gasteiger partial charge on any atom is 0.0544 e. The predicted molar refractivity (Wildman–Crippen MR) is 31.5 cm³/mol. The van der Waals surface area contributed by atoms with Gasteiger partial charge in [0.2, 0.25) is 0 Å². The van der Waals surface area contributed by atoms with E-state index in [0.717, 1.165) is 5.75 Å². The maximum absolute atomic E-state index is 3.35. The van der Waals surface area contributed by atoms with E-state index in [0.29, 0.717) is 0 Å². The third-order valence-electron chi connectivity index (χ3n) is 0.342. The van der Waals surface area contributed by atoms with Gasteiger partial charge in [0.1, 0.15) is 0 Å². The van der Waals surface area contributed by atoms with Crippen LogP contribution in [0.5, 0.6) is 0 Å². The molecular formula is C5H7S. The summed E-state index contributed by atoms with van der Waals surface area (Å²) in [6.07, 6.45) is 2.02. The minimum absolute atomic E-state index is 0.906. The SMILES string of the molecule is [CH2]C#CCSC. The average molecular weight is 99.2 g/mol. The third kappa shape index (κ3) is 3.91. The monoisotopic (exact) mass is 99.0 g/mol. The van der Waals surface area contributed by atoms with Crippen LogP contribution in [0, 0.1) is 18.8 Å². The van der Waals surface area contributed by atoms with Crippen LogP contribution in [0.2, 0.25) is 0 Å². The van der Waals surface area contributed by atoms with Crippen LogP contribution in [-0.4, -0.2) is 12.0 Å². The summed E-state index contributed by atoms with van der Waals surface area (Å²) in [5.41, 5.74) is 0. The van der Waals surface area contributed by atoms with Gasteiger partial charge in [-0.15, -0.1) is 5.92 Å². The van der Waals surface area contributed by atoms with Gasteiger partial charge < -0.3 is 0 Å². The second kappa shape index (κ2) is 4.91. The highest BCUT2D eigenvalue weighted by Crippen LogP contribution is 1.85. The Labute approximate surface area is 43.3 Å². The second-order valence-corrected chi connectivity index (χ2v) is 1.65. The highest BCUT2D eigenvalue weighted by molar-refractivity contribution is 7.98. The molecule has 0 spiro atoms. The Morgan fingerprint density at radius 3 is 2.67 bits per heavy atom. The fourth-order valence-corrected chi connectivity index (χ4v) is 0.370. The molecule has 0 aromatic carbocycles. The van der Waals surface area contributed by atoms with Crippen LogP contribution in [0.15, 0.2) is 0 Å². The minimum Gasteiger partial charge on any atom is -0.152 e. The minimum atomic E-state index is 0.906. The molecule has 0 rings (SSSR count). The van der Waals surface area contributed by atoms with Gasteiger partial charge in [-0.05, 0) is 6.26 Å². The van der Waals surface area contributed by atoms with Crippen LogP contribution >= 0.6 is 11.8 Å². The first-order chi connectivity index (χ1) is 2.91. The maximum atomic E-state index is 3.35. The van der Waals surface area contributed by atoms with Gasteiger partial charge in [-0.25, -0.2) is 0 Å². The van der Waals surface area contributed by atoms with Gasteiger partial charge in [0, 0.05) is 6.92 Å². The Hall–Kier alpha value is -0.0900. The fourth-order valence-electron chi connectivity index (χ4n) is 0.123. The van der Waals surface area contributed by atoms with Gasteiger partial charge in [0.15, 0.2) is 0 Å². The Kier molecular flexibility index (Phi) is 4.84. The molecule has 0 heterocycles. The van der Waals surface area contributed by atoms with Crippen molar-refractivity contribution in [3.63, 3.8) is 0 Å². The number of hydrogen-bond acceptors (Lipinski definition) is 1. The summed E-state index contributed by atoms with van der Waals surface area (Å²) < 4.78 is 0. The van der Waals surface area contributed by atoms with Gasteiger partial charge in [0.05, 0.1) is 5.75 Å². The van der Waals surface area contributed by atoms with Crippen LogP contribution < -0.4 is 0 Å². The summed E-state index contributed by atoms with van der Waals surface area (Å²) in [5.74, 6) is 6.25. The van der Waals surface area contributed by atoms with E-state index >= 15 is 0 Å². The van der Waals surface area contributed by atoms with Crippen molar-refractivity contribution >= 4 is 11.8 Å². The lowest BCUT2D eigenvalue weighted by Crippen LogP contribution is -1.62. The Morgan fingerprint density at radius 2 is 2.50 bits per heavy atom. The third-order valence-corrected chi connectivity index (χ3v) is 0.775. The molecule has 1 heteroatoms. The zero-order valence-electron chi connectivity index (χ0n) is 3.82. The second-order valence-electron chi connectivity index (χ2n) is 0.787. The number of thioether (sulfide) groups is 1. The molecule has 0 aliphatic carbocycles. The van der Waals surface area contributed by atoms with Gasteiger partial charge in [-0.2, -0.15) is 11.8 Å². The molecule has 0 N–H and O–H groups in total. The van der Waals surface area contributed by atoms with Gasteiger partial charge in [0.25, 0.3) is 0 Å². The Morgan fingerprint density at radius 1 is 1.83 bits per heavy atom. The highest BCUT2D eigenvalue weighted by Gasteiger charge is 1.62. The molecule has 33 valence electrons. The van der Waals surface area contributed by atoms with Crippen LogP contribution in [0.3, 0.4) is 0 Å². The molecule has 0 unspecified atom stereocenters. The van der Waals surface area contributed by atoms with E-state index in [-0.39, 0.29) is 0 Å². The van der Waals surface area contributed by atoms with Crippen molar-refractivity contribution in [1.82, 2.24) is 0 Å². The van der Waals surface area contributed by atoms with E-state index in [4.69, 9.17) is 0 Å². The molecule has 0 aliphatic heterocycles. The molecule has 0 aromatic heterocycles. The van der Waals surface area contributed by atoms with Crippen molar-refractivity contribution in [2.24, 2.45) is 0 Å². The standard InChI is InChI=1S/C5H7S/c1-3-4-5-6-2/h1,5H2,2H3. The lowest BCUT2D eigenvalue weighted by molar-refractivity contribution is 1.93. The molecule has 1 radical (unpaired) electrons. The molecule has 0 saturated heterocycles. The van der Waals surface area contributed by atoms with Gasteiger partial charge in [-0.1, -0.05) is 5.92 Å². The largest absolute Gasteiger partial charge is 0.152 e. The fraction of sp³-hybridized carbons (Fsp3) is 0.400. The molecule has 0 aliphatic rings. The lowest BCUT2D eigenvalue weighted by atomic mass is 10.7. The molecule has 0 saturated carbocycles. The van der Waals surface area contributed by atoms with E-state index in [1.165, 1.54) is 0 Å². The van der Waals surface area contributed by atoms with E-state index in [1.807, 2.05) is 6.26 Å². The van der Waals surface area contributed by atoms with Crippen LogP contribution in [0.1, 0.15) is 0 Å². The van der Waals surface area contributed by atoms with Crippen molar-refractivity contribution in [2.75, 3.05) is 12.0 Å². The van der Waals surface area contributed by atoms with Crippen LogP contribution in [0.25, 0.3) is 0 Å². The van der Waals surface area contributed by atoms with Gasteiger partial charge in [-0.3, -0.25) is 0 Å². The van der Waals surface area contributed by atoms with Gasteiger partial charge >= 0.3 is 0 Å². The zero-order chi connectivity index (χ0) is 4.83. The predicted octanol–water partition coefficient (Wildman–Crippen LogP) is 1.19. The van der Waals surface area contributed by atoms with E-state index < -0.39 is 0 Å². The molecule has 0 bridgehead atoms. The van der Waals surface area contributed by atoms with Crippen molar-refractivity contribution in [3.05, 3.63) is 6.92 Å². The first-order valence-corrected chi connectivity index (χ1v) is 3.05. The molecule has 6 heavy (non-hydrogen) atoms.